The topological polar surface area (TPSA) is 61.4 Å². The molecule has 0 unspecified atom stereocenters. The molecule has 2 N–H and O–H groups in total. The molecule has 0 atom stereocenters. The molecule has 5 nitrogen and oxygen atoms in total. The Morgan fingerprint density at radius 2 is 1.78 bits per heavy atom. The quantitative estimate of drug-likeness (QED) is 0.866. The molecule has 0 saturated heterocycles. The van der Waals surface area contributed by atoms with E-state index in [1.807, 2.05) is 47.4 Å². The summed E-state index contributed by atoms with van der Waals surface area (Å²) < 4.78 is 0. The summed E-state index contributed by atoms with van der Waals surface area (Å²) in [5.74, 6) is 0.0652. The van der Waals surface area contributed by atoms with Crippen molar-refractivity contribution in [2.45, 2.75) is 44.6 Å². The zero-order valence-corrected chi connectivity index (χ0v) is 15.4. The first-order valence-corrected chi connectivity index (χ1v) is 9.74. The number of fused-ring (bicyclic) bond motifs is 1. The van der Waals surface area contributed by atoms with E-state index in [0.717, 1.165) is 55.6 Å². The van der Waals surface area contributed by atoms with Gasteiger partial charge < -0.3 is 10.6 Å². The van der Waals surface area contributed by atoms with E-state index in [4.69, 9.17) is 0 Å². The molecular formula is C22H25N3O2. The lowest BCUT2D eigenvalue weighted by atomic mass is 10.1. The molecule has 4 rings (SSSR count). The Kier molecular flexibility index (Phi) is 5.10. The number of para-hydroxylation sites is 1. The minimum atomic E-state index is -0.108. The molecule has 5 heteroatoms. The number of aryl methyl sites for hydroxylation is 1. The Morgan fingerprint density at radius 3 is 2.56 bits per heavy atom. The summed E-state index contributed by atoms with van der Waals surface area (Å²) in [4.78, 5) is 26.6. The van der Waals surface area contributed by atoms with Crippen LogP contribution in [0.25, 0.3) is 0 Å². The van der Waals surface area contributed by atoms with E-state index < -0.39 is 0 Å². The van der Waals surface area contributed by atoms with E-state index >= 15 is 0 Å². The average Bonchev–Trinajstić information content (AvgIpc) is 3.49. The third-order valence-corrected chi connectivity index (χ3v) is 5.12. The van der Waals surface area contributed by atoms with Crippen LogP contribution in [0, 0.1) is 0 Å². The standard InChI is InChI=1S/C22H25N3O2/c26-21(23-18-12-13-18)15-16-8-10-19(11-9-16)24-22(27)25-14-4-3-6-17-5-1-2-7-20(17)25/h1-2,5,7-11,18H,3-4,6,12-15H2,(H,23,26)(H,24,27). The number of anilines is 2. The highest BCUT2D eigenvalue weighted by molar-refractivity contribution is 6.02. The predicted octanol–water partition coefficient (Wildman–Crippen LogP) is 3.88. The van der Waals surface area contributed by atoms with Gasteiger partial charge in [0, 0.05) is 24.0 Å². The Hall–Kier alpha value is -2.82. The van der Waals surface area contributed by atoms with Gasteiger partial charge in [-0.2, -0.15) is 0 Å². The van der Waals surface area contributed by atoms with Crippen LogP contribution in [0.4, 0.5) is 16.2 Å². The summed E-state index contributed by atoms with van der Waals surface area (Å²) in [6.07, 6.45) is 5.67. The molecule has 2 aliphatic rings. The van der Waals surface area contributed by atoms with Crippen LogP contribution in [-0.2, 0) is 17.6 Å². The van der Waals surface area contributed by atoms with Gasteiger partial charge in [0.25, 0.3) is 0 Å². The first-order valence-electron chi connectivity index (χ1n) is 9.74. The Bertz CT molecular complexity index is 828. The fraction of sp³-hybridized carbons (Fsp3) is 0.364. The highest BCUT2D eigenvalue weighted by Crippen LogP contribution is 2.27. The van der Waals surface area contributed by atoms with E-state index in [-0.39, 0.29) is 11.9 Å². The second-order valence-electron chi connectivity index (χ2n) is 7.38. The van der Waals surface area contributed by atoms with Crippen LogP contribution in [0.1, 0.15) is 36.8 Å². The molecule has 0 aromatic heterocycles. The summed E-state index contributed by atoms with van der Waals surface area (Å²) >= 11 is 0. The van der Waals surface area contributed by atoms with Gasteiger partial charge >= 0.3 is 6.03 Å². The summed E-state index contributed by atoms with van der Waals surface area (Å²) in [6, 6.07) is 15.9. The second kappa shape index (κ2) is 7.82. The highest BCUT2D eigenvalue weighted by atomic mass is 16.2. The van der Waals surface area contributed by atoms with Gasteiger partial charge in [-0.3, -0.25) is 9.69 Å². The first-order chi connectivity index (χ1) is 13.2. The molecule has 2 aromatic carbocycles. The van der Waals surface area contributed by atoms with Crippen molar-refractivity contribution in [3.05, 3.63) is 59.7 Å². The molecule has 3 amide bonds. The number of hydrogen-bond donors (Lipinski definition) is 2. The molecule has 140 valence electrons. The molecule has 0 spiro atoms. The number of nitrogens with one attached hydrogen (secondary N) is 2. The van der Waals surface area contributed by atoms with Crippen LogP contribution in [0.15, 0.2) is 48.5 Å². The molecular weight excluding hydrogens is 338 g/mol. The first kappa shape index (κ1) is 17.6. The number of nitrogens with zero attached hydrogens (tertiary/aromatic N) is 1. The number of rotatable bonds is 4. The van der Waals surface area contributed by atoms with E-state index in [9.17, 15) is 9.59 Å². The van der Waals surface area contributed by atoms with E-state index in [2.05, 4.69) is 16.7 Å². The second-order valence-corrected chi connectivity index (χ2v) is 7.38. The van der Waals surface area contributed by atoms with Crippen molar-refractivity contribution < 1.29 is 9.59 Å². The molecule has 1 heterocycles. The zero-order chi connectivity index (χ0) is 18.6. The number of amides is 3. The van der Waals surface area contributed by atoms with Crippen LogP contribution < -0.4 is 15.5 Å². The summed E-state index contributed by atoms with van der Waals surface area (Å²) in [5, 5.41) is 5.98. The van der Waals surface area contributed by atoms with Crippen molar-refractivity contribution in [1.82, 2.24) is 5.32 Å². The van der Waals surface area contributed by atoms with Gasteiger partial charge in [-0.05, 0) is 61.4 Å². The molecule has 1 saturated carbocycles. The Labute approximate surface area is 159 Å². The van der Waals surface area contributed by atoms with Crippen molar-refractivity contribution >= 4 is 23.3 Å². The van der Waals surface area contributed by atoms with Crippen LogP contribution in [0.3, 0.4) is 0 Å². The molecule has 1 fully saturated rings. The number of urea groups is 1. The number of hydrogen-bond acceptors (Lipinski definition) is 2. The molecule has 27 heavy (non-hydrogen) atoms. The fourth-order valence-electron chi connectivity index (χ4n) is 3.49. The van der Waals surface area contributed by atoms with E-state index in [1.165, 1.54) is 5.56 Å². The van der Waals surface area contributed by atoms with Crippen molar-refractivity contribution in [2.24, 2.45) is 0 Å². The Morgan fingerprint density at radius 1 is 1.00 bits per heavy atom. The minimum Gasteiger partial charge on any atom is -0.353 e. The lowest BCUT2D eigenvalue weighted by Crippen LogP contribution is -2.35. The lowest BCUT2D eigenvalue weighted by Gasteiger charge is -2.23. The lowest BCUT2D eigenvalue weighted by molar-refractivity contribution is -0.120. The van der Waals surface area contributed by atoms with Crippen LogP contribution in [-0.4, -0.2) is 24.5 Å². The monoisotopic (exact) mass is 363 g/mol. The van der Waals surface area contributed by atoms with E-state index in [1.54, 1.807) is 0 Å². The summed E-state index contributed by atoms with van der Waals surface area (Å²) in [5.41, 5.74) is 3.92. The Balaban J connectivity index is 1.40. The van der Waals surface area contributed by atoms with Crippen molar-refractivity contribution in [2.75, 3.05) is 16.8 Å². The maximum absolute atomic E-state index is 12.8. The van der Waals surface area contributed by atoms with Crippen LogP contribution in [0.2, 0.25) is 0 Å². The third-order valence-electron chi connectivity index (χ3n) is 5.12. The molecule has 1 aliphatic carbocycles. The summed E-state index contributed by atoms with van der Waals surface area (Å²) in [6.45, 7) is 0.724. The van der Waals surface area contributed by atoms with Crippen molar-refractivity contribution in [3.63, 3.8) is 0 Å². The smallest absolute Gasteiger partial charge is 0.326 e. The van der Waals surface area contributed by atoms with Gasteiger partial charge in [0.15, 0.2) is 0 Å². The van der Waals surface area contributed by atoms with E-state index in [0.29, 0.717) is 12.5 Å². The third kappa shape index (κ3) is 4.48. The van der Waals surface area contributed by atoms with Crippen LogP contribution >= 0.6 is 0 Å². The number of carbonyl (C=O) groups excluding carboxylic acids is 2. The van der Waals surface area contributed by atoms with Crippen LogP contribution in [0.5, 0.6) is 0 Å². The van der Waals surface area contributed by atoms with Gasteiger partial charge in [-0.15, -0.1) is 0 Å². The van der Waals surface area contributed by atoms with Gasteiger partial charge in [-0.1, -0.05) is 30.3 Å². The maximum Gasteiger partial charge on any atom is 0.326 e. The van der Waals surface area contributed by atoms with Gasteiger partial charge in [0.1, 0.15) is 0 Å². The van der Waals surface area contributed by atoms with Gasteiger partial charge in [0.2, 0.25) is 5.91 Å². The molecule has 1 aliphatic heterocycles. The normalized spacial score (nSPS) is 16.2. The highest BCUT2D eigenvalue weighted by Gasteiger charge is 2.23. The number of benzene rings is 2. The summed E-state index contributed by atoms with van der Waals surface area (Å²) in [7, 11) is 0. The van der Waals surface area contributed by atoms with Gasteiger partial charge in [0.05, 0.1) is 6.42 Å². The maximum atomic E-state index is 12.8. The minimum absolute atomic E-state index is 0.0652. The fourth-order valence-corrected chi connectivity index (χ4v) is 3.49. The van der Waals surface area contributed by atoms with Gasteiger partial charge in [-0.25, -0.2) is 4.79 Å². The largest absolute Gasteiger partial charge is 0.353 e. The molecule has 0 bridgehead atoms. The SMILES string of the molecule is O=C(Cc1ccc(NC(=O)N2CCCCc3ccccc32)cc1)NC1CC1. The zero-order valence-electron chi connectivity index (χ0n) is 15.4. The molecule has 0 radical (unpaired) electrons. The number of carbonyl (C=O) groups is 2. The predicted molar refractivity (Wildman–Crippen MR) is 107 cm³/mol. The van der Waals surface area contributed by atoms with Crippen molar-refractivity contribution in [1.29, 1.82) is 0 Å². The molecule has 2 aromatic rings. The average molecular weight is 363 g/mol. The van der Waals surface area contributed by atoms with Crippen molar-refractivity contribution in [3.8, 4) is 0 Å².